The van der Waals surface area contributed by atoms with Gasteiger partial charge in [-0.3, -0.25) is 0 Å². The third kappa shape index (κ3) is 5.98. The summed E-state index contributed by atoms with van der Waals surface area (Å²) >= 11 is 0. The van der Waals surface area contributed by atoms with Crippen LogP contribution < -0.4 is 0 Å². The quantitative estimate of drug-likeness (QED) is 0.352. The van der Waals surface area contributed by atoms with E-state index < -0.39 is 17.2 Å². The molecule has 0 saturated heterocycles. The van der Waals surface area contributed by atoms with Crippen molar-refractivity contribution in [1.29, 1.82) is 5.26 Å². The Balaban J connectivity index is 1.75. The summed E-state index contributed by atoms with van der Waals surface area (Å²) < 4.78 is 39.3. The van der Waals surface area contributed by atoms with Gasteiger partial charge in [-0.05, 0) is 74.2 Å². The van der Waals surface area contributed by atoms with Crippen LogP contribution in [-0.2, 0) is 18.0 Å². The minimum atomic E-state index is -4.36. The Morgan fingerprint density at radius 2 is 1.64 bits per heavy atom. The van der Waals surface area contributed by atoms with Gasteiger partial charge in [0.25, 0.3) is 0 Å². The van der Waals surface area contributed by atoms with Gasteiger partial charge >= 0.3 is 6.18 Å². The fraction of sp³-hybridized carbons (Fsp3) is 0.536. The van der Waals surface area contributed by atoms with Gasteiger partial charge in [-0.25, -0.2) is 0 Å². The SMILES string of the molecule is CCC(CCC(C#N)(c1ccc(C(F)(F)F)cc1)C1CCC1)N(CC)CCc1ccccc1. The van der Waals surface area contributed by atoms with Gasteiger partial charge in [0, 0.05) is 12.6 Å². The Morgan fingerprint density at radius 3 is 2.12 bits per heavy atom. The Bertz CT molecular complexity index is 897. The summed E-state index contributed by atoms with van der Waals surface area (Å²) in [6, 6.07) is 18.7. The van der Waals surface area contributed by atoms with Crippen LogP contribution in [0.25, 0.3) is 0 Å². The summed E-state index contributed by atoms with van der Waals surface area (Å²) in [7, 11) is 0. The third-order valence-electron chi connectivity index (χ3n) is 7.53. The molecule has 0 spiro atoms. The molecular weight excluding hydrogens is 421 g/mol. The lowest BCUT2D eigenvalue weighted by Gasteiger charge is -2.42. The topological polar surface area (TPSA) is 27.0 Å². The lowest BCUT2D eigenvalue weighted by atomic mass is 9.60. The van der Waals surface area contributed by atoms with Crippen LogP contribution in [0.4, 0.5) is 13.2 Å². The van der Waals surface area contributed by atoms with E-state index in [1.165, 1.54) is 17.7 Å². The molecular formula is C28H35F3N2. The van der Waals surface area contributed by atoms with Gasteiger partial charge in [-0.15, -0.1) is 0 Å². The largest absolute Gasteiger partial charge is 0.416 e. The maximum Gasteiger partial charge on any atom is 0.416 e. The van der Waals surface area contributed by atoms with E-state index in [9.17, 15) is 18.4 Å². The molecule has 1 saturated carbocycles. The molecule has 0 bridgehead atoms. The molecule has 5 heteroatoms. The molecule has 1 aliphatic rings. The normalized spacial score (nSPS) is 17.2. The first-order valence-electron chi connectivity index (χ1n) is 12.2. The van der Waals surface area contributed by atoms with Gasteiger partial charge in [-0.2, -0.15) is 18.4 Å². The molecule has 2 aromatic rings. The van der Waals surface area contributed by atoms with Crippen molar-refractivity contribution in [2.75, 3.05) is 13.1 Å². The molecule has 3 rings (SSSR count). The highest BCUT2D eigenvalue weighted by atomic mass is 19.4. The Morgan fingerprint density at radius 1 is 1.00 bits per heavy atom. The van der Waals surface area contributed by atoms with Crippen LogP contribution >= 0.6 is 0 Å². The zero-order chi connectivity index (χ0) is 23.9. The maximum atomic E-state index is 13.1. The van der Waals surface area contributed by atoms with E-state index in [-0.39, 0.29) is 5.92 Å². The van der Waals surface area contributed by atoms with Gasteiger partial charge in [0.2, 0.25) is 0 Å². The average Bonchev–Trinajstić information content (AvgIpc) is 2.79. The summed E-state index contributed by atoms with van der Waals surface area (Å²) in [6.07, 6.45) is 2.18. The zero-order valence-electron chi connectivity index (χ0n) is 19.7. The van der Waals surface area contributed by atoms with Gasteiger partial charge < -0.3 is 4.90 Å². The van der Waals surface area contributed by atoms with Crippen LogP contribution in [-0.4, -0.2) is 24.0 Å². The number of hydrogen-bond acceptors (Lipinski definition) is 2. The van der Waals surface area contributed by atoms with Crippen molar-refractivity contribution in [3.8, 4) is 6.07 Å². The minimum absolute atomic E-state index is 0.219. The van der Waals surface area contributed by atoms with Gasteiger partial charge in [0.1, 0.15) is 0 Å². The minimum Gasteiger partial charge on any atom is -0.300 e. The molecule has 0 heterocycles. The zero-order valence-corrected chi connectivity index (χ0v) is 19.7. The van der Waals surface area contributed by atoms with Gasteiger partial charge in [-0.1, -0.05) is 62.7 Å². The number of rotatable bonds is 11. The number of nitriles is 1. The van der Waals surface area contributed by atoms with Crippen LogP contribution in [0.5, 0.6) is 0 Å². The Hall–Kier alpha value is -2.32. The predicted molar refractivity (Wildman–Crippen MR) is 127 cm³/mol. The van der Waals surface area contributed by atoms with Crippen LogP contribution in [0.15, 0.2) is 54.6 Å². The van der Waals surface area contributed by atoms with Gasteiger partial charge in [0.15, 0.2) is 0 Å². The highest BCUT2D eigenvalue weighted by Crippen LogP contribution is 2.47. The summed E-state index contributed by atoms with van der Waals surface area (Å²) in [5.41, 5.74) is 0.687. The molecule has 1 fully saturated rings. The number of nitrogens with zero attached hydrogens (tertiary/aromatic N) is 2. The average molecular weight is 457 g/mol. The standard InChI is InChI=1S/C28H35F3N2/c1-3-26(33(4-2)20-18-22-9-6-5-7-10-22)17-19-27(21-32,23-11-8-12-23)24-13-15-25(16-14-24)28(29,30)31/h5-7,9-10,13-16,23,26H,3-4,8,11-12,17-20H2,1-2H3. The summed E-state index contributed by atoms with van der Waals surface area (Å²) in [6.45, 7) is 6.26. The molecule has 2 aromatic carbocycles. The fourth-order valence-electron chi connectivity index (χ4n) is 5.21. The summed E-state index contributed by atoms with van der Waals surface area (Å²) in [5.74, 6) is 0.219. The molecule has 0 amide bonds. The first kappa shape index (κ1) is 25.3. The van der Waals surface area contributed by atoms with Crippen LogP contribution in [0, 0.1) is 17.2 Å². The molecule has 0 aliphatic heterocycles. The number of likely N-dealkylation sites (N-methyl/N-ethyl adjacent to an activating group) is 1. The Labute approximate surface area is 196 Å². The smallest absolute Gasteiger partial charge is 0.300 e. The van der Waals surface area contributed by atoms with E-state index in [0.717, 1.165) is 69.3 Å². The van der Waals surface area contributed by atoms with Crippen LogP contribution in [0.3, 0.4) is 0 Å². The molecule has 2 unspecified atom stereocenters. The highest BCUT2D eigenvalue weighted by Gasteiger charge is 2.44. The van der Waals surface area contributed by atoms with Crippen molar-refractivity contribution in [3.05, 3.63) is 71.3 Å². The number of benzene rings is 2. The first-order chi connectivity index (χ1) is 15.8. The maximum absolute atomic E-state index is 13.1. The fourth-order valence-corrected chi connectivity index (χ4v) is 5.21. The summed E-state index contributed by atoms with van der Waals surface area (Å²) in [5, 5.41) is 10.3. The molecule has 178 valence electrons. The second-order valence-electron chi connectivity index (χ2n) is 9.25. The Kier molecular flexibility index (Phi) is 8.59. The summed E-state index contributed by atoms with van der Waals surface area (Å²) in [4.78, 5) is 2.49. The van der Waals surface area contributed by atoms with Crippen molar-refractivity contribution in [3.63, 3.8) is 0 Å². The van der Waals surface area contributed by atoms with E-state index in [0.29, 0.717) is 12.5 Å². The van der Waals surface area contributed by atoms with Crippen molar-refractivity contribution in [2.45, 2.75) is 76.4 Å². The predicted octanol–water partition coefficient (Wildman–Crippen LogP) is 7.39. The molecule has 1 aliphatic carbocycles. The van der Waals surface area contributed by atoms with Crippen LogP contribution in [0.2, 0.25) is 0 Å². The second-order valence-corrected chi connectivity index (χ2v) is 9.25. The number of alkyl halides is 3. The van der Waals surface area contributed by atoms with Gasteiger partial charge in [0.05, 0.1) is 17.0 Å². The van der Waals surface area contributed by atoms with Crippen LogP contribution in [0.1, 0.15) is 69.1 Å². The van der Waals surface area contributed by atoms with Crippen molar-refractivity contribution in [1.82, 2.24) is 4.90 Å². The third-order valence-corrected chi connectivity index (χ3v) is 7.53. The number of hydrogen-bond donors (Lipinski definition) is 0. The molecule has 33 heavy (non-hydrogen) atoms. The molecule has 0 aromatic heterocycles. The molecule has 0 N–H and O–H groups in total. The van der Waals surface area contributed by atoms with E-state index in [1.54, 1.807) is 0 Å². The second kappa shape index (κ2) is 11.2. The monoisotopic (exact) mass is 456 g/mol. The van der Waals surface area contributed by atoms with Crippen molar-refractivity contribution >= 4 is 0 Å². The molecule has 2 nitrogen and oxygen atoms in total. The first-order valence-corrected chi connectivity index (χ1v) is 12.2. The molecule has 2 atom stereocenters. The number of halogens is 3. The van der Waals surface area contributed by atoms with E-state index in [4.69, 9.17) is 0 Å². The molecule has 0 radical (unpaired) electrons. The van der Waals surface area contributed by atoms with E-state index in [1.807, 2.05) is 6.07 Å². The van der Waals surface area contributed by atoms with E-state index in [2.05, 4.69) is 49.1 Å². The van der Waals surface area contributed by atoms with E-state index >= 15 is 0 Å². The van der Waals surface area contributed by atoms with Crippen molar-refractivity contribution < 1.29 is 13.2 Å². The lowest BCUT2D eigenvalue weighted by Crippen LogP contribution is -2.42. The highest BCUT2D eigenvalue weighted by molar-refractivity contribution is 5.37. The lowest BCUT2D eigenvalue weighted by molar-refractivity contribution is -0.137. The van der Waals surface area contributed by atoms with Crippen molar-refractivity contribution in [2.24, 2.45) is 5.92 Å².